The molecule has 0 amide bonds. The molecule has 2 aromatic rings. The van der Waals surface area contributed by atoms with Crippen LogP contribution in [-0.2, 0) is 13.2 Å². The van der Waals surface area contributed by atoms with E-state index in [4.69, 9.17) is 4.74 Å². The topological polar surface area (TPSA) is 39.1 Å². The van der Waals surface area contributed by atoms with Gasteiger partial charge in [-0.1, -0.05) is 15.9 Å². The minimum absolute atomic E-state index is 0.237. The molecule has 0 aliphatic carbocycles. The van der Waals surface area contributed by atoms with Gasteiger partial charge in [0.2, 0.25) is 0 Å². The quantitative estimate of drug-likeness (QED) is 0.876. The Hall–Kier alpha value is -1.33. The van der Waals surface area contributed by atoms with Crippen molar-refractivity contribution in [1.82, 2.24) is 15.1 Å². The average molecular weight is 338 g/mol. The molecule has 5 heteroatoms. The summed E-state index contributed by atoms with van der Waals surface area (Å²) in [4.78, 5) is 0. The number of hydrogen-bond acceptors (Lipinski definition) is 3. The fourth-order valence-corrected chi connectivity index (χ4v) is 2.34. The minimum atomic E-state index is 0.237. The smallest absolute Gasteiger partial charge is 0.124 e. The predicted octanol–water partition coefficient (Wildman–Crippen LogP) is 3.52. The molecule has 1 N–H and O–H groups in total. The predicted molar refractivity (Wildman–Crippen MR) is 83.8 cm³/mol. The van der Waals surface area contributed by atoms with Gasteiger partial charge in [-0.2, -0.15) is 5.10 Å². The molecule has 1 atom stereocenters. The van der Waals surface area contributed by atoms with Gasteiger partial charge in [0.15, 0.2) is 0 Å². The van der Waals surface area contributed by atoms with E-state index in [-0.39, 0.29) is 6.04 Å². The van der Waals surface area contributed by atoms with Gasteiger partial charge in [0, 0.05) is 34.4 Å². The van der Waals surface area contributed by atoms with Gasteiger partial charge in [0.05, 0.1) is 6.20 Å². The van der Waals surface area contributed by atoms with Crippen molar-refractivity contribution in [2.24, 2.45) is 0 Å². The molecule has 0 aliphatic heterocycles. The summed E-state index contributed by atoms with van der Waals surface area (Å²) in [6.07, 6.45) is 3.86. The summed E-state index contributed by atoms with van der Waals surface area (Å²) in [7, 11) is 1.95. The van der Waals surface area contributed by atoms with Gasteiger partial charge in [0.1, 0.15) is 12.4 Å². The van der Waals surface area contributed by atoms with E-state index >= 15 is 0 Å². The van der Waals surface area contributed by atoms with Crippen molar-refractivity contribution < 1.29 is 4.74 Å². The highest BCUT2D eigenvalue weighted by atomic mass is 79.9. The summed E-state index contributed by atoms with van der Waals surface area (Å²) < 4.78 is 8.90. The molecule has 108 valence electrons. The summed E-state index contributed by atoms with van der Waals surface area (Å²) in [5.41, 5.74) is 2.22. The summed E-state index contributed by atoms with van der Waals surface area (Å²) in [6, 6.07) is 6.32. The first-order valence-corrected chi connectivity index (χ1v) is 7.54. The van der Waals surface area contributed by atoms with E-state index in [1.165, 1.54) is 0 Å². The molecule has 1 aromatic heterocycles. The third-order valence-electron chi connectivity index (χ3n) is 3.28. The van der Waals surface area contributed by atoms with Crippen molar-refractivity contribution >= 4 is 15.9 Å². The molecule has 2 rings (SSSR count). The fraction of sp³-hybridized carbons (Fsp3) is 0.400. The number of aryl methyl sites for hydroxylation is 1. The molecule has 0 radical (unpaired) electrons. The maximum Gasteiger partial charge on any atom is 0.124 e. The monoisotopic (exact) mass is 337 g/mol. The normalized spacial score (nSPS) is 12.4. The molecule has 0 fully saturated rings. The fourth-order valence-electron chi connectivity index (χ4n) is 1.96. The number of benzene rings is 1. The van der Waals surface area contributed by atoms with E-state index in [1.54, 1.807) is 0 Å². The highest BCUT2D eigenvalue weighted by molar-refractivity contribution is 9.10. The van der Waals surface area contributed by atoms with Crippen LogP contribution in [-0.4, -0.2) is 16.8 Å². The van der Waals surface area contributed by atoms with Gasteiger partial charge < -0.3 is 10.1 Å². The van der Waals surface area contributed by atoms with E-state index in [1.807, 2.05) is 36.3 Å². The Labute approximate surface area is 128 Å². The molecular weight excluding hydrogens is 318 g/mol. The second-order valence-corrected chi connectivity index (χ2v) is 5.60. The lowest BCUT2D eigenvalue weighted by Crippen LogP contribution is -2.13. The van der Waals surface area contributed by atoms with E-state index in [2.05, 4.69) is 46.3 Å². The summed E-state index contributed by atoms with van der Waals surface area (Å²) in [5, 5.41) is 7.49. The lowest BCUT2D eigenvalue weighted by atomic mass is 10.1. The zero-order chi connectivity index (χ0) is 14.5. The van der Waals surface area contributed by atoms with Crippen LogP contribution in [0.1, 0.15) is 31.0 Å². The minimum Gasteiger partial charge on any atom is -0.488 e. The van der Waals surface area contributed by atoms with Crippen molar-refractivity contribution in [1.29, 1.82) is 0 Å². The number of halogens is 1. The van der Waals surface area contributed by atoms with E-state index < -0.39 is 0 Å². The molecule has 1 aromatic carbocycles. The van der Waals surface area contributed by atoms with Crippen LogP contribution in [0.5, 0.6) is 5.75 Å². The van der Waals surface area contributed by atoms with Gasteiger partial charge in [-0.15, -0.1) is 0 Å². The Morgan fingerprint density at radius 2 is 2.25 bits per heavy atom. The standard InChI is InChI=1S/C15H20BrN3O/c1-4-19-9-12(8-18-19)10-20-15-6-5-13(16)7-14(15)11(2)17-3/h5-9,11,17H,4,10H2,1-3H3. The van der Waals surface area contributed by atoms with Crippen LogP contribution in [0.3, 0.4) is 0 Å². The maximum absolute atomic E-state index is 5.94. The number of ether oxygens (including phenoxy) is 1. The molecule has 1 heterocycles. The molecule has 20 heavy (non-hydrogen) atoms. The lowest BCUT2D eigenvalue weighted by molar-refractivity contribution is 0.300. The molecule has 0 saturated heterocycles. The molecule has 0 saturated carbocycles. The van der Waals surface area contributed by atoms with Crippen molar-refractivity contribution in [3.8, 4) is 5.75 Å². The Kier molecular flexibility index (Phi) is 5.20. The molecule has 1 unspecified atom stereocenters. The molecular formula is C15H20BrN3O. The number of nitrogens with one attached hydrogen (secondary N) is 1. The number of nitrogens with zero attached hydrogens (tertiary/aromatic N) is 2. The maximum atomic E-state index is 5.94. The highest BCUT2D eigenvalue weighted by Gasteiger charge is 2.11. The Morgan fingerprint density at radius 1 is 1.45 bits per heavy atom. The first-order valence-electron chi connectivity index (χ1n) is 6.75. The second kappa shape index (κ2) is 6.90. The Morgan fingerprint density at radius 3 is 2.90 bits per heavy atom. The first-order chi connectivity index (χ1) is 9.63. The average Bonchev–Trinajstić information content (AvgIpc) is 2.93. The third-order valence-corrected chi connectivity index (χ3v) is 3.77. The molecule has 0 spiro atoms. The van der Waals surface area contributed by atoms with Crippen molar-refractivity contribution in [3.05, 3.63) is 46.2 Å². The Balaban J connectivity index is 2.12. The summed E-state index contributed by atoms with van der Waals surface area (Å²) in [6.45, 7) is 5.59. The van der Waals surface area contributed by atoms with Crippen LogP contribution in [0.4, 0.5) is 0 Å². The van der Waals surface area contributed by atoms with Crippen LogP contribution < -0.4 is 10.1 Å². The second-order valence-electron chi connectivity index (χ2n) is 4.69. The molecule has 0 bridgehead atoms. The van der Waals surface area contributed by atoms with Gasteiger partial charge in [0.25, 0.3) is 0 Å². The van der Waals surface area contributed by atoms with Crippen molar-refractivity contribution in [3.63, 3.8) is 0 Å². The SMILES string of the molecule is CCn1cc(COc2ccc(Br)cc2C(C)NC)cn1. The summed E-state index contributed by atoms with van der Waals surface area (Å²) >= 11 is 3.51. The van der Waals surface area contributed by atoms with Crippen LogP contribution in [0.2, 0.25) is 0 Å². The third kappa shape index (κ3) is 3.61. The number of rotatable bonds is 6. The molecule has 4 nitrogen and oxygen atoms in total. The van der Waals surface area contributed by atoms with Crippen LogP contribution >= 0.6 is 15.9 Å². The summed E-state index contributed by atoms with van der Waals surface area (Å²) in [5.74, 6) is 0.902. The van der Waals surface area contributed by atoms with E-state index in [0.29, 0.717) is 6.61 Å². The zero-order valence-electron chi connectivity index (χ0n) is 12.1. The van der Waals surface area contributed by atoms with Gasteiger partial charge in [-0.3, -0.25) is 4.68 Å². The van der Waals surface area contributed by atoms with Gasteiger partial charge in [-0.05, 0) is 39.1 Å². The van der Waals surface area contributed by atoms with Crippen LogP contribution in [0.25, 0.3) is 0 Å². The van der Waals surface area contributed by atoms with Crippen LogP contribution in [0.15, 0.2) is 35.1 Å². The van der Waals surface area contributed by atoms with Gasteiger partial charge >= 0.3 is 0 Å². The number of aromatic nitrogens is 2. The van der Waals surface area contributed by atoms with Gasteiger partial charge in [-0.25, -0.2) is 0 Å². The molecule has 0 aliphatic rings. The van der Waals surface area contributed by atoms with Crippen LogP contribution in [0, 0.1) is 0 Å². The first kappa shape index (κ1) is 15.1. The number of hydrogen-bond donors (Lipinski definition) is 1. The lowest BCUT2D eigenvalue weighted by Gasteiger charge is -2.16. The largest absolute Gasteiger partial charge is 0.488 e. The van der Waals surface area contributed by atoms with E-state index in [0.717, 1.165) is 27.9 Å². The van der Waals surface area contributed by atoms with Crippen molar-refractivity contribution in [2.45, 2.75) is 33.0 Å². The van der Waals surface area contributed by atoms with Crippen molar-refractivity contribution in [2.75, 3.05) is 7.05 Å². The zero-order valence-corrected chi connectivity index (χ0v) is 13.6. The Bertz CT molecular complexity index is 568. The van der Waals surface area contributed by atoms with E-state index in [9.17, 15) is 0 Å². The highest BCUT2D eigenvalue weighted by Crippen LogP contribution is 2.29.